The molecular formula is C18H19Cl2N3O. The van der Waals surface area contributed by atoms with Crippen molar-refractivity contribution >= 4 is 40.6 Å². The molecule has 0 unspecified atom stereocenters. The van der Waals surface area contributed by atoms with Crippen molar-refractivity contribution in [1.82, 2.24) is 9.88 Å². The van der Waals surface area contributed by atoms with Crippen LogP contribution in [0.4, 0.5) is 11.5 Å². The van der Waals surface area contributed by atoms with Gasteiger partial charge in [-0.05, 0) is 49.1 Å². The van der Waals surface area contributed by atoms with Crippen LogP contribution >= 0.6 is 23.2 Å². The van der Waals surface area contributed by atoms with Gasteiger partial charge in [-0.3, -0.25) is 4.79 Å². The summed E-state index contributed by atoms with van der Waals surface area (Å²) in [5.41, 5.74) is 1.29. The molecule has 0 bridgehead atoms. The molecule has 0 atom stereocenters. The fraction of sp³-hybridized carbons (Fsp3) is 0.333. The van der Waals surface area contributed by atoms with Gasteiger partial charge in [0.2, 0.25) is 0 Å². The summed E-state index contributed by atoms with van der Waals surface area (Å²) in [6.07, 6.45) is 3.74. The third-order valence-electron chi connectivity index (χ3n) is 4.27. The zero-order chi connectivity index (χ0) is 17.1. The number of benzene rings is 1. The Kier molecular flexibility index (Phi) is 5.27. The maximum absolute atomic E-state index is 12.7. The van der Waals surface area contributed by atoms with E-state index in [4.69, 9.17) is 23.2 Å². The standard InChI is InChI=1S/C18H19Cl2N3O/c1-12-5-8-23(9-6-12)18(24)13-4-7-21-17(10-13)22-16-11-14(19)2-3-15(16)20/h2-4,7,10-12H,5-6,8-9H2,1H3,(H,21,22). The molecule has 3 rings (SSSR count). The van der Waals surface area contributed by atoms with E-state index in [9.17, 15) is 4.79 Å². The van der Waals surface area contributed by atoms with Crippen LogP contribution in [0.3, 0.4) is 0 Å². The second-order valence-corrected chi connectivity index (χ2v) is 7.00. The summed E-state index contributed by atoms with van der Waals surface area (Å²) in [5, 5.41) is 4.24. The Balaban J connectivity index is 1.76. The number of nitrogens with one attached hydrogen (secondary N) is 1. The Morgan fingerprint density at radius 3 is 2.71 bits per heavy atom. The number of pyridine rings is 1. The lowest BCUT2D eigenvalue weighted by molar-refractivity contribution is 0.0697. The lowest BCUT2D eigenvalue weighted by Gasteiger charge is -2.30. The molecule has 6 heteroatoms. The predicted molar refractivity (Wildman–Crippen MR) is 98.3 cm³/mol. The molecule has 4 nitrogen and oxygen atoms in total. The number of anilines is 2. The molecule has 2 aromatic rings. The average Bonchev–Trinajstić information content (AvgIpc) is 2.58. The molecule has 24 heavy (non-hydrogen) atoms. The lowest BCUT2D eigenvalue weighted by Crippen LogP contribution is -2.37. The van der Waals surface area contributed by atoms with E-state index in [1.165, 1.54) is 0 Å². The third kappa shape index (κ3) is 4.00. The van der Waals surface area contributed by atoms with Crippen molar-refractivity contribution in [3.05, 3.63) is 52.1 Å². The number of carbonyl (C=O) groups is 1. The van der Waals surface area contributed by atoms with Gasteiger partial charge < -0.3 is 10.2 Å². The molecule has 0 radical (unpaired) electrons. The van der Waals surface area contributed by atoms with Crippen molar-refractivity contribution in [1.29, 1.82) is 0 Å². The zero-order valence-corrected chi connectivity index (χ0v) is 14.9. The summed E-state index contributed by atoms with van der Waals surface area (Å²) in [4.78, 5) is 18.8. The molecule has 0 spiro atoms. The summed E-state index contributed by atoms with van der Waals surface area (Å²) in [6, 6.07) is 8.66. The van der Waals surface area contributed by atoms with E-state index in [1.54, 1.807) is 36.5 Å². The van der Waals surface area contributed by atoms with Crippen molar-refractivity contribution in [2.75, 3.05) is 18.4 Å². The van der Waals surface area contributed by atoms with Gasteiger partial charge in [0.25, 0.3) is 5.91 Å². The Hall–Kier alpha value is -1.78. The number of carbonyl (C=O) groups excluding carboxylic acids is 1. The Morgan fingerprint density at radius 2 is 1.96 bits per heavy atom. The van der Waals surface area contributed by atoms with E-state index in [1.807, 2.05) is 4.90 Å². The van der Waals surface area contributed by atoms with Gasteiger partial charge in [-0.2, -0.15) is 0 Å². The van der Waals surface area contributed by atoms with Crippen molar-refractivity contribution in [3.8, 4) is 0 Å². The van der Waals surface area contributed by atoms with Crippen molar-refractivity contribution in [2.45, 2.75) is 19.8 Å². The highest BCUT2D eigenvalue weighted by Gasteiger charge is 2.21. The fourth-order valence-electron chi connectivity index (χ4n) is 2.76. The quantitative estimate of drug-likeness (QED) is 0.833. The third-order valence-corrected chi connectivity index (χ3v) is 4.83. The summed E-state index contributed by atoms with van der Waals surface area (Å²) >= 11 is 12.2. The molecule has 1 amide bonds. The van der Waals surface area contributed by atoms with Crippen LogP contribution in [0.5, 0.6) is 0 Å². The van der Waals surface area contributed by atoms with Crippen LogP contribution in [0.25, 0.3) is 0 Å². The number of halogens is 2. The van der Waals surface area contributed by atoms with E-state index in [-0.39, 0.29) is 5.91 Å². The summed E-state index contributed by atoms with van der Waals surface area (Å²) in [5.74, 6) is 1.30. The summed E-state index contributed by atoms with van der Waals surface area (Å²) in [7, 11) is 0. The highest BCUT2D eigenvalue weighted by atomic mass is 35.5. The first-order chi connectivity index (χ1) is 11.5. The van der Waals surface area contributed by atoms with Gasteiger partial charge in [0, 0.05) is 29.9 Å². The SMILES string of the molecule is CC1CCN(C(=O)c2ccnc(Nc3cc(Cl)ccc3Cl)c2)CC1. The molecule has 0 saturated carbocycles. The van der Waals surface area contributed by atoms with E-state index < -0.39 is 0 Å². The number of hydrogen-bond acceptors (Lipinski definition) is 3. The minimum atomic E-state index is 0.0459. The predicted octanol–water partition coefficient (Wildman–Crippen LogP) is 5.00. The molecule has 1 aliphatic heterocycles. The van der Waals surface area contributed by atoms with Gasteiger partial charge in [0.1, 0.15) is 5.82 Å². The highest BCUT2D eigenvalue weighted by Crippen LogP contribution is 2.28. The number of hydrogen-bond donors (Lipinski definition) is 1. The topological polar surface area (TPSA) is 45.2 Å². The van der Waals surface area contributed by atoms with Crippen LogP contribution in [0.2, 0.25) is 10.0 Å². The number of nitrogens with zero attached hydrogens (tertiary/aromatic N) is 2. The maximum atomic E-state index is 12.7. The summed E-state index contributed by atoms with van der Waals surface area (Å²) < 4.78 is 0. The van der Waals surface area contributed by atoms with Gasteiger partial charge in [-0.1, -0.05) is 30.1 Å². The van der Waals surface area contributed by atoms with Gasteiger partial charge in [0.05, 0.1) is 10.7 Å². The lowest BCUT2D eigenvalue weighted by atomic mass is 9.99. The van der Waals surface area contributed by atoms with E-state index in [0.29, 0.717) is 33.0 Å². The molecule has 1 saturated heterocycles. The minimum Gasteiger partial charge on any atom is -0.339 e. The molecule has 1 aromatic heterocycles. The van der Waals surface area contributed by atoms with Crippen LogP contribution < -0.4 is 5.32 Å². The normalized spacial score (nSPS) is 15.4. The Morgan fingerprint density at radius 1 is 1.21 bits per heavy atom. The molecule has 1 aromatic carbocycles. The van der Waals surface area contributed by atoms with Crippen LogP contribution in [0.15, 0.2) is 36.5 Å². The second kappa shape index (κ2) is 7.41. The van der Waals surface area contributed by atoms with Gasteiger partial charge >= 0.3 is 0 Å². The first kappa shape index (κ1) is 17.1. The number of rotatable bonds is 3. The molecule has 126 valence electrons. The first-order valence-corrected chi connectivity index (χ1v) is 8.76. The first-order valence-electron chi connectivity index (χ1n) is 8.00. The molecule has 1 aliphatic rings. The highest BCUT2D eigenvalue weighted by molar-refractivity contribution is 6.35. The Bertz CT molecular complexity index is 743. The van der Waals surface area contributed by atoms with Crippen molar-refractivity contribution < 1.29 is 4.79 Å². The zero-order valence-electron chi connectivity index (χ0n) is 13.4. The van der Waals surface area contributed by atoms with Crippen LogP contribution in [-0.4, -0.2) is 28.9 Å². The number of aromatic nitrogens is 1. The second-order valence-electron chi connectivity index (χ2n) is 6.15. The maximum Gasteiger partial charge on any atom is 0.254 e. The van der Waals surface area contributed by atoms with Crippen LogP contribution in [-0.2, 0) is 0 Å². The van der Waals surface area contributed by atoms with Crippen LogP contribution in [0.1, 0.15) is 30.1 Å². The molecule has 1 fully saturated rings. The molecule has 2 heterocycles. The molecule has 0 aliphatic carbocycles. The van der Waals surface area contributed by atoms with Crippen molar-refractivity contribution in [3.63, 3.8) is 0 Å². The minimum absolute atomic E-state index is 0.0459. The van der Waals surface area contributed by atoms with E-state index >= 15 is 0 Å². The summed E-state index contributed by atoms with van der Waals surface area (Å²) in [6.45, 7) is 3.85. The smallest absolute Gasteiger partial charge is 0.254 e. The molecular weight excluding hydrogens is 345 g/mol. The van der Waals surface area contributed by atoms with Gasteiger partial charge in [-0.15, -0.1) is 0 Å². The molecule has 1 N–H and O–H groups in total. The van der Waals surface area contributed by atoms with E-state index in [2.05, 4.69) is 17.2 Å². The van der Waals surface area contributed by atoms with Crippen LogP contribution in [0, 0.1) is 5.92 Å². The van der Waals surface area contributed by atoms with Crippen molar-refractivity contribution in [2.24, 2.45) is 5.92 Å². The average molecular weight is 364 g/mol. The fourth-order valence-corrected chi connectivity index (χ4v) is 3.09. The largest absolute Gasteiger partial charge is 0.339 e. The van der Waals surface area contributed by atoms with Gasteiger partial charge in [0.15, 0.2) is 0 Å². The monoisotopic (exact) mass is 363 g/mol. The van der Waals surface area contributed by atoms with Gasteiger partial charge in [-0.25, -0.2) is 4.98 Å². The number of piperidine rings is 1. The van der Waals surface area contributed by atoms with E-state index in [0.717, 1.165) is 25.9 Å². The number of amides is 1. The Labute approximate surface area is 151 Å². The number of likely N-dealkylation sites (tertiary alicyclic amines) is 1.